The molecule has 138 valence electrons. The van der Waals surface area contributed by atoms with E-state index in [1.807, 2.05) is 26.6 Å². The lowest BCUT2D eigenvalue weighted by Gasteiger charge is -2.26. The monoisotopic (exact) mass is 383 g/mol. The molecule has 2 amide bonds. The molecule has 1 aliphatic carbocycles. The highest BCUT2D eigenvalue weighted by molar-refractivity contribution is 7.08. The van der Waals surface area contributed by atoms with Crippen molar-refractivity contribution in [1.29, 1.82) is 0 Å². The molecule has 25 heavy (non-hydrogen) atoms. The summed E-state index contributed by atoms with van der Waals surface area (Å²) in [7, 11) is 0. The average Bonchev–Trinajstić information content (AvgIpc) is 3.10. The number of hydrogen-bond acceptors (Lipinski definition) is 4. The summed E-state index contributed by atoms with van der Waals surface area (Å²) < 4.78 is 0. The number of piperidine rings is 1. The van der Waals surface area contributed by atoms with Crippen LogP contribution in [0.25, 0.3) is 0 Å². The minimum absolute atomic E-state index is 0. The summed E-state index contributed by atoms with van der Waals surface area (Å²) in [4.78, 5) is 29.3. The molecule has 3 heterocycles. The van der Waals surface area contributed by atoms with Crippen molar-refractivity contribution in [3.63, 3.8) is 0 Å². The third kappa shape index (κ3) is 3.71. The summed E-state index contributed by atoms with van der Waals surface area (Å²) in [5, 5.41) is 7.23. The van der Waals surface area contributed by atoms with E-state index in [4.69, 9.17) is 0 Å². The van der Waals surface area contributed by atoms with Crippen molar-refractivity contribution in [2.45, 2.75) is 25.7 Å². The summed E-state index contributed by atoms with van der Waals surface area (Å²) in [6.07, 6.45) is 4.23. The van der Waals surface area contributed by atoms with E-state index in [1.54, 1.807) is 11.3 Å². The van der Waals surface area contributed by atoms with Crippen LogP contribution >= 0.6 is 23.7 Å². The van der Waals surface area contributed by atoms with E-state index in [1.165, 1.54) is 0 Å². The minimum atomic E-state index is 0. The summed E-state index contributed by atoms with van der Waals surface area (Å²) in [6.45, 7) is 4.97. The highest BCUT2D eigenvalue weighted by Gasteiger charge is 2.58. The molecule has 3 fully saturated rings. The van der Waals surface area contributed by atoms with Gasteiger partial charge in [-0.05, 0) is 55.6 Å². The van der Waals surface area contributed by atoms with E-state index < -0.39 is 0 Å². The number of carbonyl (C=O) groups is 2. The maximum Gasteiger partial charge on any atom is 0.254 e. The normalized spacial score (nSPS) is 25.2. The third-order valence-electron chi connectivity index (χ3n) is 5.95. The topological polar surface area (TPSA) is 52.7 Å². The minimum Gasteiger partial charge on any atom is -0.341 e. The highest BCUT2D eigenvalue weighted by Crippen LogP contribution is 2.59. The molecular formula is C18H26ClN3O2S. The molecule has 0 radical (unpaired) electrons. The molecule has 2 saturated heterocycles. The Balaban J connectivity index is 0.00000182. The molecular weight excluding hydrogens is 358 g/mol. The predicted molar refractivity (Wildman–Crippen MR) is 101 cm³/mol. The van der Waals surface area contributed by atoms with Gasteiger partial charge in [0.25, 0.3) is 5.91 Å². The van der Waals surface area contributed by atoms with Crippen molar-refractivity contribution < 1.29 is 9.59 Å². The highest BCUT2D eigenvalue weighted by atomic mass is 35.5. The molecule has 3 aliphatic rings. The molecule has 7 heteroatoms. The van der Waals surface area contributed by atoms with Crippen LogP contribution < -0.4 is 5.32 Å². The zero-order chi connectivity index (χ0) is 16.6. The Labute approximate surface area is 159 Å². The van der Waals surface area contributed by atoms with Gasteiger partial charge in [-0.3, -0.25) is 9.59 Å². The van der Waals surface area contributed by atoms with Crippen LogP contribution in [0.5, 0.6) is 0 Å². The number of carbonyl (C=O) groups excluding carboxylic acids is 2. The first-order chi connectivity index (χ1) is 11.7. The first-order valence-electron chi connectivity index (χ1n) is 9.01. The summed E-state index contributed by atoms with van der Waals surface area (Å²) in [5.74, 6) is 0.673. The second kappa shape index (κ2) is 7.64. The van der Waals surface area contributed by atoms with Crippen molar-refractivity contribution >= 4 is 35.6 Å². The fourth-order valence-electron chi connectivity index (χ4n) is 4.30. The summed E-state index contributed by atoms with van der Waals surface area (Å²) in [6, 6.07) is 1.88. The maximum absolute atomic E-state index is 12.9. The van der Waals surface area contributed by atoms with E-state index in [0.29, 0.717) is 24.4 Å². The molecule has 4 rings (SSSR count). The fourth-order valence-corrected chi connectivity index (χ4v) is 4.93. The summed E-state index contributed by atoms with van der Waals surface area (Å²) in [5.41, 5.74) is 1.07. The standard InChI is InChI=1S/C18H25N3O2S.ClH/c22-16(14-2-11-24-13-14)20-7-1-8-21(10-9-20)17(23)15-12-18(15)3-5-19-6-4-18;/h2,11,13,15,19H,1,3-10,12H2;1H. The van der Waals surface area contributed by atoms with Crippen molar-refractivity contribution in [1.82, 2.24) is 15.1 Å². The lowest BCUT2D eigenvalue weighted by Crippen LogP contribution is -2.39. The van der Waals surface area contributed by atoms with E-state index >= 15 is 0 Å². The zero-order valence-electron chi connectivity index (χ0n) is 14.4. The first kappa shape index (κ1) is 18.7. The quantitative estimate of drug-likeness (QED) is 0.852. The van der Waals surface area contributed by atoms with Crippen molar-refractivity contribution in [3.05, 3.63) is 22.4 Å². The second-order valence-electron chi connectivity index (χ2n) is 7.35. The smallest absolute Gasteiger partial charge is 0.254 e. The second-order valence-corrected chi connectivity index (χ2v) is 8.13. The molecule has 1 unspecified atom stereocenters. The molecule has 1 saturated carbocycles. The lowest BCUT2D eigenvalue weighted by atomic mass is 9.91. The van der Waals surface area contributed by atoms with Gasteiger partial charge < -0.3 is 15.1 Å². The van der Waals surface area contributed by atoms with E-state index in [9.17, 15) is 9.59 Å². The van der Waals surface area contributed by atoms with Gasteiger partial charge in [-0.25, -0.2) is 0 Å². The van der Waals surface area contributed by atoms with Gasteiger partial charge in [-0.15, -0.1) is 12.4 Å². The van der Waals surface area contributed by atoms with E-state index in [-0.39, 0.29) is 24.2 Å². The number of hydrogen-bond donors (Lipinski definition) is 1. The predicted octanol–water partition coefficient (Wildman–Crippen LogP) is 2.23. The van der Waals surface area contributed by atoms with Gasteiger partial charge >= 0.3 is 0 Å². The van der Waals surface area contributed by atoms with Crippen molar-refractivity contribution in [3.8, 4) is 0 Å². The van der Waals surface area contributed by atoms with Crippen LogP contribution in [0.15, 0.2) is 16.8 Å². The number of halogens is 1. The van der Waals surface area contributed by atoms with Crippen LogP contribution in [-0.2, 0) is 4.79 Å². The molecule has 1 atom stereocenters. The molecule has 0 bridgehead atoms. The van der Waals surface area contributed by atoms with Crippen LogP contribution in [0.4, 0.5) is 0 Å². The molecule has 5 nitrogen and oxygen atoms in total. The Morgan fingerprint density at radius 1 is 1.12 bits per heavy atom. The number of nitrogens with one attached hydrogen (secondary N) is 1. The third-order valence-corrected chi connectivity index (χ3v) is 6.63. The Kier molecular flexibility index (Phi) is 5.71. The Morgan fingerprint density at radius 3 is 2.56 bits per heavy atom. The molecule has 1 spiro atoms. The molecule has 1 aromatic heterocycles. The van der Waals surface area contributed by atoms with Gasteiger partial charge in [0.2, 0.25) is 5.91 Å². The van der Waals surface area contributed by atoms with Crippen LogP contribution in [0.3, 0.4) is 0 Å². The Bertz CT molecular complexity index is 616. The van der Waals surface area contributed by atoms with Crippen molar-refractivity contribution in [2.24, 2.45) is 11.3 Å². The number of nitrogens with zero attached hydrogens (tertiary/aromatic N) is 2. The number of rotatable bonds is 2. The van der Waals surface area contributed by atoms with Gasteiger partial charge in [0, 0.05) is 37.5 Å². The Morgan fingerprint density at radius 2 is 1.84 bits per heavy atom. The van der Waals surface area contributed by atoms with Crippen LogP contribution in [0, 0.1) is 11.3 Å². The zero-order valence-corrected chi connectivity index (χ0v) is 16.0. The average molecular weight is 384 g/mol. The number of thiophene rings is 1. The van der Waals surface area contributed by atoms with Gasteiger partial charge in [-0.1, -0.05) is 0 Å². The maximum atomic E-state index is 12.9. The van der Waals surface area contributed by atoms with Gasteiger partial charge in [-0.2, -0.15) is 11.3 Å². The van der Waals surface area contributed by atoms with E-state index in [2.05, 4.69) is 5.32 Å². The number of amides is 2. The van der Waals surface area contributed by atoms with Crippen LogP contribution in [-0.4, -0.2) is 60.9 Å². The fraction of sp³-hybridized carbons (Fsp3) is 0.667. The molecule has 2 aliphatic heterocycles. The largest absolute Gasteiger partial charge is 0.341 e. The van der Waals surface area contributed by atoms with Crippen LogP contribution in [0.2, 0.25) is 0 Å². The molecule has 1 N–H and O–H groups in total. The SMILES string of the molecule is Cl.O=C(c1ccsc1)N1CCCN(C(=O)C2CC23CCNCC3)CC1. The lowest BCUT2D eigenvalue weighted by molar-refractivity contribution is -0.133. The van der Waals surface area contributed by atoms with Gasteiger partial charge in [0.15, 0.2) is 0 Å². The van der Waals surface area contributed by atoms with Crippen LogP contribution in [0.1, 0.15) is 36.0 Å². The Hall–Kier alpha value is -1.11. The summed E-state index contributed by atoms with van der Waals surface area (Å²) >= 11 is 1.55. The van der Waals surface area contributed by atoms with Gasteiger partial charge in [0.05, 0.1) is 5.56 Å². The first-order valence-corrected chi connectivity index (χ1v) is 9.95. The van der Waals surface area contributed by atoms with Crippen molar-refractivity contribution in [2.75, 3.05) is 39.3 Å². The molecule has 0 aromatic carbocycles. The molecule has 1 aromatic rings. The van der Waals surface area contributed by atoms with E-state index in [0.717, 1.165) is 57.4 Å². The van der Waals surface area contributed by atoms with Gasteiger partial charge in [0.1, 0.15) is 0 Å².